The van der Waals surface area contributed by atoms with Crippen molar-refractivity contribution in [3.05, 3.63) is 59.2 Å². The smallest absolute Gasteiger partial charge is 0.251 e. The zero-order valence-corrected chi connectivity index (χ0v) is 17.8. The van der Waals surface area contributed by atoms with Crippen LogP contribution in [0.2, 0.25) is 0 Å². The van der Waals surface area contributed by atoms with E-state index in [2.05, 4.69) is 5.32 Å². The van der Waals surface area contributed by atoms with Gasteiger partial charge < -0.3 is 10.1 Å². The molecule has 1 saturated heterocycles. The normalized spacial score (nSPS) is 15.1. The SMILES string of the molecule is CCOc1ccc(CNC(=O)c2ccc(C)c(S(=O)(=O)N3CCCCC3)c2)cc1. The molecule has 156 valence electrons. The first-order valence-electron chi connectivity index (χ1n) is 10.0. The van der Waals surface area contributed by atoms with E-state index in [0.29, 0.717) is 37.4 Å². The Bertz CT molecular complexity index is 949. The summed E-state index contributed by atoms with van der Waals surface area (Å²) in [6.07, 6.45) is 2.81. The molecular weight excluding hydrogens is 388 g/mol. The highest BCUT2D eigenvalue weighted by Crippen LogP contribution is 2.24. The summed E-state index contributed by atoms with van der Waals surface area (Å²) in [5.74, 6) is 0.489. The number of carbonyl (C=O) groups is 1. The number of nitrogens with zero attached hydrogens (tertiary/aromatic N) is 1. The van der Waals surface area contributed by atoms with Crippen LogP contribution in [0.5, 0.6) is 5.75 Å². The Morgan fingerprint density at radius 1 is 1.07 bits per heavy atom. The van der Waals surface area contributed by atoms with Crippen molar-refractivity contribution in [3.63, 3.8) is 0 Å². The van der Waals surface area contributed by atoms with Gasteiger partial charge in [-0.3, -0.25) is 4.79 Å². The fraction of sp³-hybridized carbons (Fsp3) is 0.409. The summed E-state index contributed by atoms with van der Waals surface area (Å²) >= 11 is 0. The highest BCUT2D eigenvalue weighted by atomic mass is 32.2. The van der Waals surface area contributed by atoms with Gasteiger partial charge in [-0.1, -0.05) is 24.6 Å². The lowest BCUT2D eigenvalue weighted by Gasteiger charge is -2.26. The Hall–Kier alpha value is -2.38. The van der Waals surface area contributed by atoms with Gasteiger partial charge in [-0.15, -0.1) is 0 Å². The summed E-state index contributed by atoms with van der Waals surface area (Å²) in [5, 5.41) is 2.86. The monoisotopic (exact) mass is 416 g/mol. The molecule has 1 amide bonds. The van der Waals surface area contributed by atoms with Gasteiger partial charge in [0.2, 0.25) is 10.0 Å². The van der Waals surface area contributed by atoms with Crippen molar-refractivity contribution < 1.29 is 17.9 Å². The Morgan fingerprint density at radius 3 is 2.41 bits per heavy atom. The summed E-state index contributed by atoms with van der Waals surface area (Å²) in [7, 11) is -3.59. The summed E-state index contributed by atoms with van der Waals surface area (Å²) in [6, 6.07) is 12.4. The van der Waals surface area contributed by atoms with Crippen LogP contribution in [0.15, 0.2) is 47.4 Å². The number of sulfonamides is 1. The number of carbonyl (C=O) groups excluding carboxylic acids is 1. The number of benzene rings is 2. The lowest BCUT2D eigenvalue weighted by molar-refractivity contribution is 0.0950. The van der Waals surface area contributed by atoms with Gasteiger partial charge in [0.25, 0.3) is 5.91 Å². The molecule has 1 fully saturated rings. The van der Waals surface area contributed by atoms with Gasteiger partial charge in [0.05, 0.1) is 11.5 Å². The van der Waals surface area contributed by atoms with Crippen LogP contribution in [0, 0.1) is 6.92 Å². The molecule has 1 aliphatic heterocycles. The molecule has 1 aliphatic rings. The van der Waals surface area contributed by atoms with Crippen molar-refractivity contribution in [2.24, 2.45) is 0 Å². The quantitative estimate of drug-likeness (QED) is 0.750. The molecule has 0 unspecified atom stereocenters. The number of hydrogen-bond acceptors (Lipinski definition) is 4. The highest BCUT2D eigenvalue weighted by molar-refractivity contribution is 7.89. The topological polar surface area (TPSA) is 75.7 Å². The van der Waals surface area contributed by atoms with Gasteiger partial charge in [-0.2, -0.15) is 4.31 Å². The Balaban J connectivity index is 1.72. The molecule has 1 heterocycles. The molecule has 6 nitrogen and oxygen atoms in total. The van der Waals surface area contributed by atoms with Crippen molar-refractivity contribution >= 4 is 15.9 Å². The summed E-state index contributed by atoms with van der Waals surface area (Å²) in [6.45, 7) is 5.72. The molecule has 3 rings (SSSR count). The van der Waals surface area contributed by atoms with Crippen molar-refractivity contribution in [1.29, 1.82) is 0 Å². The largest absolute Gasteiger partial charge is 0.494 e. The second-order valence-corrected chi connectivity index (χ2v) is 9.11. The van der Waals surface area contributed by atoms with Crippen LogP contribution in [-0.4, -0.2) is 38.3 Å². The zero-order chi connectivity index (χ0) is 20.9. The van der Waals surface area contributed by atoms with E-state index in [0.717, 1.165) is 30.6 Å². The van der Waals surface area contributed by atoms with Crippen LogP contribution in [0.3, 0.4) is 0 Å². The number of piperidine rings is 1. The van der Waals surface area contributed by atoms with Gasteiger partial charge >= 0.3 is 0 Å². The van der Waals surface area contributed by atoms with Crippen molar-refractivity contribution in [3.8, 4) is 5.75 Å². The third-order valence-corrected chi connectivity index (χ3v) is 7.11. The molecule has 0 spiro atoms. The number of nitrogens with one attached hydrogen (secondary N) is 1. The van der Waals surface area contributed by atoms with Gasteiger partial charge in [-0.05, 0) is 62.1 Å². The molecule has 2 aromatic rings. The van der Waals surface area contributed by atoms with E-state index in [1.807, 2.05) is 31.2 Å². The molecule has 0 atom stereocenters. The summed E-state index contributed by atoms with van der Waals surface area (Å²) < 4.78 is 33.0. The molecule has 0 aliphatic carbocycles. The Kier molecular flexibility index (Phi) is 6.92. The molecule has 1 N–H and O–H groups in total. The van der Waals surface area contributed by atoms with Crippen LogP contribution < -0.4 is 10.1 Å². The molecular formula is C22H28N2O4S. The molecule has 0 radical (unpaired) electrons. The molecule has 7 heteroatoms. The van der Waals surface area contributed by atoms with Gasteiger partial charge in [0.1, 0.15) is 5.75 Å². The first-order chi connectivity index (χ1) is 13.9. The maximum atomic E-state index is 13.0. The maximum absolute atomic E-state index is 13.0. The van der Waals surface area contributed by atoms with Crippen LogP contribution in [0.1, 0.15) is 47.7 Å². The lowest BCUT2D eigenvalue weighted by atomic mass is 10.1. The Labute approximate surface area is 172 Å². The van der Waals surface area contributed by atoms with Gasteiger partial charge in [0.15, 0.2) is 0 Å². The minimum absolute atomic E-state index is 0.216. The molecule has 0 bridgehead atoms. The first-order valence-corrected chi connectivity index (χ1v) is 11.5. The molecule has 0 saturated carbocycles. The van der Waals surface area contributed by atoms with E-state index >= 15 is 0 Å². The zero-order valence-electron chi connectivity index (χ0n) is 17.0. The van der Waals surface area contributed by atoms with Gasteiger partial charge in [0, 0.05) is 25.2 Å². The molecule has 0 aromatic heterocycles. The molecule has 2 aromatic carbocycles. The lowest BCUT2D eigenvalue weighted by Crippen LogP contribution is -2.36. The average Bonchev–Trinajstić information content (AvgIpc) is 2.74. The minimum atomic E-state index is -3.59. The van der Waals surface area contributed by atoms with Crippen LogP contribution in [0.4, 0.5) is 0 Å². The maximum Gasteiger partial charge on any atom is 0.251 e. The van der Waals surface area contributed by atoms with Crippen molar-refractivity contribution in [2.75, 3.05) is 19.7 Å². The van der Waals surface area contributed by atoms with E-state index in [1.165, 1.54) is 10.4 Å². The van der Waals surface area contributed by atoms with Crippen LogP contribution in [0.25, 0.3) is 0 Å². The fourth-order valence-electron chi connectivity index (χ4n) is 3.42. The number of ether oxygens (including phenoxy) is 1. The average molecular weight is 417 g/mol. The van der Waals surface area contributed by atoms with Gasteiger partial charge in [-0.25, -0.2) is 8.42 Å². The second kappa shape index (κ2) is 9.41. The summed E-state index contributed by atoms with van der Waals surface area (Å²) in [4.78, 5) is 12.8. The minimum Gasteiger partial charge on any atom is -0.494 e. The highest BCUT2D eigenvalue weighted by Gasteiger charge is 2.28. The number of amides is 1. The predicted octanol–water partition coefficient (Wildman–Crippen LogP) is 3.50. The molecule has 29 heavy (non-hydrogen) atoms. The van der Waals surface area contributed by atoms with E-state index < -0.39 is 10.0 Å². The van der Waals surface area contributed by atoms with E-state index in [-0.39, 0.29) is 10.8 Å². The third kappa shape index (κ3) is 5.16. The first kappa shape index (κ1) is 21.3. The van der Waals surface area contributed by atoms with Crippen molar-refractivity contribution in [2.45, 2.75) is 44.6 Å². The number of rotatable bonds is 7. The number of hydrogen-bond donors (Lipinski definition) is 1. The second-order valence-electron chi connectivity index (χ2n) is 7.20. The summed E-state index contributed by atoms with van der Waals surface area (Å²) in [5.41, 5.74) is 1.94. The van der Waals surface area contributed by atoms with Crippen LogP contribution in [-0.2, 0) is 16.6 Å². The van der Waals surface area contributed by atoms with E-state index in [1.54, 1.807) is 19.1 Å². The Morgan fingerprint density at radius 2 is 1.76 bits per heavy atom. The van der Waals surface area contributed by atoms with E-state index in [9.17, 15) is 13.2 Å². The van der Waals surface area contributed by atoms with E-state index in [4.69, 9.17) is 4.74 Å². The van der Waals surface area contributed by atoms with Crippen molar-refractivity contribution in [1.82, 2.24) is 9.62 Å². The predicted molar refractivity (Wildman–Crippen MR) is 113 cm³/mol. The third-order valence-electron chi connectivity index (χ3n) is 5.07. The fourth-order valence-corrected chi connectivity index (χ4v) is 5.19. The standard InChI is InChI=1S/C22H28N2O4S/c1-3-28-20-11-8-18(9-12-20)16-23-22(25)19-10-7-17(2)21(15-19)29(26,27)24-13-5-4-6-14-24/h7-12,15H,3-6,13-14,16H2,1-2H3,(H,23,25). The van der Waals surface area contributed by atoms with Crippen LogP contribution >= 0.6 is 0 Å². The number of aryl methyl sites for hydroxylation is 1.